The maximum Gasteiger partial charge on any atom is 0.316 e. The van der Waals surface area contributed by atoms with Gasteiger partial charge in [0.05, 0.1) is 30.5 Å². The van der Waals surface area contributed by atoms with Gasteiger partial charge in [0, 0.05) is 17.3 Å². The zero-order valence-electron chi connectivity index (χ0n) is 17.9. The first-order valence-corrected chi connectivity index (χ1v) is 12.8. The smallest absolute Gasteiger partial charge is 0.316 e. The topological polar surface area (TPSA) is 70.4 Å². The lowest BCUT2D eigenvalue weighted by molar-refractivity contribution is -0.139. The Kier molecular flexibility index (Phi) is 6.85. The third kappa shape index (κ3) is 4.32. The standard InChI is InChI=1S/C22H30N2O4S2/c1-4-27-18(25)12-29-22-23-20-19(21(26)24(22)14-8-6-5-7-9-14)15-10-16(13(2)3)28-11-17(15)30-20/h13-14,16H,4-12H2,1-3H3/t16-/m0/s1. The Morgan fingerprint density at radius 1 is 1.33 bits per heavy atom. The molecule has 3 heterocycles. The van der Waals surface area contributed by atoms with Gasteiger partial charge >= 0.3 is 5.97 Å². The fourth-order valence-corrected chi connectivity index (χ4v) is 6.47. The second-order valence-corrected chi connectivity index (χ2v) is 10.5. The van der Waals surface area contributed by atoms with Gasteiger partial charge in [-0.1, -0.05) is 44.9 Å². The summed E-state index contributed by atoms with van der Waals surface area (Å²) in [5.41, 5.74) is 1.18. The van der Waals surface area contributed by atoms with Gasteiger partial charge < -0.3 is 9.47 Å². The van der Waals surface area contributed by atoms with E-state index < -0.39 is 0 Å². The van der Waals surface area contributed by atoms with Crippen LogP contribution >= 0.6 is 23.1 Å². The zero-order chi connectivity index (χ0) is 21.3. The molecule has 1 saturated carbocycles. The molecule has 0 radical (unpaired) electrons. The summed E-state index contributed by atoms with van der Waals surface area (Å²) in [6, 6.07) is 0.157. The summed E-state index contributed by atoms with van der Waals surface area (Å²) in [5, 5.41) is 1.42. The first-order valence-electron chi connectivity index (χ1n) is 11.0. The van der Waals surface area contributed by atoms with Crippen molar-refractivity contribution in [1.82, 2.24) is 9.55 Å². The number of ether oxygens (including phenoxy) is 2. The van der Waals surface area contributed by atoms with Crippen LogP contribution in [-0.4, -0.2) is 34.0 Å². The predicted octanol–water partition coefficient (Wildman–Crippen LogP) is 4.72. The molecule has 4 rings (SSSR count). The van der Waals surface area contributed by atoms with E-state index in [1.807, 2.05) is 4.57 Å². The highest BCUT2D eigenvalue weighted by Gasteiger charge is 2.30. The molecule has 30 heavy (non-hydrogen) atoms. The van der Waals surface area contributed by atoms with Crippen molar-refractivity contribution in [2.24, 2.45) is 5.92 Å². The second kappa shape index (κ2) is 9.40. The Morgan fingerprint density at radius 2 is 2.10 bits per heavy atom. The van der Waals surface area contributed by atoms with E-state index in [0.29, 0.717) is 24.3 Å². The van der Waals surface area contributed by atoms with E-state index in [4.69, 9.17) is 14.5 Å². The molecular weight excluding hydrogens is 420 g/mol. The van der Waals surface area contributed by atoms with Crippen LogP contribution in [0, 0.1) is 5.92 Å². The largest absolute Gasteiger partial charge is 0.465 e. The summed E-state index contributed by atoms with van der Waals surface area (Å²) in [6.45, 7) is 7.02. The normalized spacial score (nSPS) is 19.9. The quantitative estimate of drug-likeness (QED) is 0.360. The Morgan fingerprint density at radius 3 is 2.80 bits per heavy atom. The van der Waals surface area contributed by atoms with Gasteiger partial charge in [-0.3, -0.25) is 14.2 Å². The highest BCUT2D eigenvalue weighted by molar-refractivity contribution is 7.99. The molecule has 0 saturated heterocycles. The van der Waals surface area contributed by atoms with Crippen molar-refractivity contribution in [2.75, 3.05) is 12.4 Å². The molecule has 2 aromatic heterocycles. The number of fused-ring (bicyclic) bond motifs is 3. The van der Waals surface area contributed by atoms with E-state index in [-0.39, 0.29) is 29.4 Å². The van der Waals surface area contributed by atoms with Crippen LogP contribution in [0.5, 0.6) is 0 Å². The first-order chi connectivity index (χ1) is 14.5. The summed E-state index contributed by atoms with van der Waals surface area (Å²) in [4.78, 5) is 32.5. The molecule has 6 nitrogen and oxygen atoms in total. The van der Waals surface area contributed by atoms with Gasteiger partial charge in [-0.25, -0.2) is 4.98 Å². The van der Waals surface area contributed by atoms with Crippen LogP contribution in [0.4, 0.5) is 0 Å². The SMILES string of the molecule is CCOC(=O)CSc1nc2sc3c(c2c(=O)n1C1CCCCC1)C[C@@H](C(C)C)OC3. The van der Waals surface area contributed by atoms with Crippen molar-refractivity contribution in [3.8, 4) is 0 Å². The Balaban J connectivity index is 1.78. The molecule has 8 heteroatoms. The first kappa shape index (κ1) is 21.8. The molecule has 1 aliphatic carbocycles. The van der Waals surface area contributed by atoms with Gasteiger partial charge in [-0.05, 0) is 31.2 Å². The molecular formula is C22H30N2O4S2. The second-order valence-electron chi connectivity index (χ2n) is 8.44. The Hall–Kier alpha value is -1.38. The summed E-state index contributed by atoms with van der Waals surface area (Å²) in [7, 11) is 0. The van der Waals surface area contributed by atoms with Crippen LogP contribution in [-0.2, 0) is 27.3 Å². The number of nitrogens with zero attached hydrogens (tertiary/aromatic N) is 2. The predicted molar refractivity (Wildman–Crippen MR) is 120 cm³/mol. The number of esters is 1. The zero-order valence-corrected chi connectivity index (χ0v) is 19.6. The number of thioether (sulfide) groups is 1. The van der Waals surface area contributed by atoms with Crippen LogP contribution in [0.1, 0.15) is 69.4 Å². The molecule has 1 atom stereocenters. The van der Waals surface area contributed by atoms with Crippen LogP contribution in [0.3, 0.4) is 0 Å². The maximum atomic E-state index is 13.8. The molecule has 0 amide bonds. The number of hydrogen-bond acceptors (Lipinski definition) is 7. The lowest BCUT2D eigenvalue weighted by atomic mass is 9.94. The molecule has 2 aromatic rings. The number of hydrogen-bond donors (Lipinski definition) is 0. The van der Waals surface area contributed by atoms with E-state index in [1.165, 1.54) is 18.2 Å². The fourth-order valence-electron chi connectivity index (χ4n) is 4.44. The summed E-state index contributed by atoms with van der Waals surface area (Å²) < 4.78 is 13.0. The minimum absolute atomic E-state index is 0.0557. The molecule has 1 aliphatic heterocycles. The number of carbonyl (C=O) groups excluding carboxylic acids is 1. The van der Waals surface area contributed by atoms with E-state index in [1.54, 1.807) is 18.3 Å². The molecule has 2 aliphatic rings. The average Bonchev–Trinajstić information content (AvgIpc) is 3.11. The van der Waals surface area contributed by atoms with Gasteiger partial charge in [0.25, 0.3) is 5.56 Å². The van der Waals surface area contributed by atoms with Crippen LogP contribution < -0.4 is 5.56 Å². The van der Waals surface area contributed by atoms with E-state index in [0.717, 1.165) is 52.8 Å². The van der Waals surface area contributed by atoms with Crippen molar-refractivity contribution >= 4 is 39.3 Å². The van der Waals surface area contributed by atoms with Gasteiger partial charge in [0.2, 0.25) is 0 Å². The molecule has 0 aromatic carbocycles. The van der Waals surface area contributed by atoms with Crippen molar-refractivity contribution in [3.63, 3.8) is 0 Å². The van der Waals surface area contributed by atoms with Crippen molar-refractivity contribution < 1.29 is 14.3 Å². The van der Waals surface area contributed by atoms with E-state index in [2.05, 4.69) is 13.8 Å². The van der Waals surface area contributed by atoms with E-state index >= 15 is 0 Å². The molecule has 0 N–H and O–H groups in total. The van der Waals surface area contributed by atoms with Crippen molar-refractivity contribution in [3.05, 3.63) is 20.8 Å². The average molecular weight is 451 g/mol. The number of carbonyl (C=O) groups is 1. The van der Waals surface area contributed by atoms with Gasteiger partial charge in [0.1, 0.15) is 4.83 Å². The lowest BCUT2D eigenvalue weighted by Gasteiger charge is -2.27. The Bertz CT molecular complexity index is 976. The van der Waals surface area contributed by atoms with Gasteiger partial charge in [-0.15, -0.1) is 11.3 Å². The summed E-state index contributed by atoms with van der Waals surface area (Å²) in [6.07, 6.45) is 6.35. The molecule has 0 unspecified atom stereocenters. The third-order valence-corrected chi connectivity index (χ3v) is 8.08. The number of thiophene rings is 1. The minimum atomic E-state index is -0.273. The summed E-state index contributed by atoms with van der Waals surface area (Å²) >= 11 is 2.88. The summed E-state index contributed by atoms with van der Waals surface area (Å²) in [5.74, 6) is 0.300. The fraction of sp³-hybridized carbons (Fsp3) is 0.682. The monoisotopic (exact) mass is 450 g/mol. The number of rotatable bonds is 6. The van der Waals surface area contributed by atoms with Crippen molar-refractivity contribution in [2.45, 2.75) is 83.2 Å². The van der Waals surface area contributed by atoms with E-state index in [9.17, 15) is 9.59 Å². The van der Waals surface area contributed by atoms with Crippen LogP contribution in [0.15, 0.2) is 9.95 Å². The molecule has 0 bridgehead atoms. The third-order valence-electron chi connectivity index (χ3n) is 6.05. The Labute approximate surface area is 185 Å². The van der Waals surface area contributed by atoms with Crippen molar-refractivity contribution in [1.29, 1.82) is 0 Å². The molecule has 0 spiro atoms. The minimum Gasteiger partial charge on any atom is -0.465 e. The molecule has 1 fully saturated rings. The highest BCUT2D eigenvalue weighted by Crippen LogP contribution is 2.37. The number of aromatic nitrogens is 2. The highest BCUT2D eigenvalue weighted by atomic mass is 32.2. The maximum absolute atomic E-state index is 13.8. The van der Waals surface area contributed by atoms with Gasteiger partial charge in [0.15, 0.2) is 5.16 Å². The van der Waals surface area contributed by atoms with Crippen LogP contribution in [0.2, 0.25) is 0 Å². The molecule has 164 valence electrons. The lowest BCUT2D eigenvalue weighted by Crippen LogP contribution is -2.31. The van der Waals surface area contributed by atoms with Crippen LogP contribution in [0.25, 0.3) is 10.2 Å². The van der Waals surface area contributed by atoms with Gasteiger partial charge in [-0.2, -0.15) is 0 Å².